The van der Waals surface area contributed by atoms with E-state index < -0.39 is 9.84 Å². The number of aryl methyl sites for hydroxylation is 1. The highest BCUT2D eigenvalue weighted by Gasteiger charge is 2.45. The van der Waals surface area contributed by atoms with Gasteiger partial charge in [0.15, 0.2) is 5.96 Å². The zero-order valence-corrected chi connectivity index (χ0v) is 20.2. The highest BCUT2D eigenvalue weighted by atomic mass is 127. The number of ether oxygens (including phenoxy) is 2. The quantitative estimate of drug-likeness (QED) is 0.211. The van der Waals surface area contributed by atoms with Crippen molar-refractivity contribution in [3.8, 4) is 5.75 Å². The molecule has 2 rings (SSSR count). The number of hydrogen-bond donors (Lipinski definition) is 2. The molecule has 1 fully saturated rings. The van der Waals surface area contributed by atoms with Crippen LogP contribution in [0, 0.1) is 12.3 Å². The first-order valence-electron chi connectivity index (χ1n) is 9.10. The lowest BCUT2D eigenvalue weighted by Gasteiger charge is -2.19. The number of guanidine groups is 1. The van der Waals surface area contributed by atoms with Crippen LogP contribution in [0.25, 0.3) is 0 Å². The predicted octanol–water partition coefficient (Wildman–Crippen LogP) is 2.13. The molecule has 0 bridgehead atoms. The second kappa shape index (κ2) is 11.2. The molecule has 0 aromatic heterocycles. The highest BCUT2D eigenvalue weighted by molar-refractivity contribution is 14.0. The Morgan fingerprint density at radius 1 is 1.25 bits per heavy atom. The number of methoxy groups -OCH3 is 1. The SMILES string of the molecule is CN=C(NCc1ccc(C)cc1OCCOC)NCC1(CS(C)(=O)=O)CC1.I. The molecule has 0 spiro atoms. The van der Waals surface area contributed by atoms with Crippen molar-refractivity contribution in [2.24, 2.45) is 10.4 Å². The molecule has 0 unspecified atom stereocenters. The van der Waals surface area contributed by atoms with Crippen molar-refractivity contribution in [2.45, 2.75) is 26.3 Å². The van der Waals surface area contributed by atoms with Crippen molar-refractivity contribution < 1.29 is 17.9 Å². The van der Waals surface area contributed by atoms with Crippen LogP contribution >= 0.6 is 24.0 Å². The van der Waals surface area contributed by atoms with Gasteiger partial charge in [0.05, 0.1) is 12.4 Å². The van der Waals surface area contributed by atoms with Gasteiger partial charge >= 0.3 is 0 Å². The Kier molecular flexibility index (Phi) is 9.99. The summed E-state index contributed by atoms with van der Waals surface area (Å²) in [6, 6.07) is 6.08. The number of rotatable bonds is 10. The molecule has 0 radical (unpaired) electrons. The van der Waals surface area contributed by atoms with Gasteiger partial charge in [-0.2, -0.15) is 0 Å². The summed E-state index contributed by atoms with van der Waals surface area (Å²) in [7, 11) is 0.375. The average molecular weight is 525 g/mol. The van der Waals surface area contributed by atoms with Gasteiger partial charge in [-0.05, 0) is 31.4 Å². The predicted molar refractivity (Wildman–Crippen MR) is 124 cm³/mol. The van der Waals surface area contributed by atoms with Gasteiger partial charge in [-0.25, -0.2) is 8.42 Å². The summed E-state index contributed by atoms with van der Waals surface area (Å²) in [5.74, 6) is 1.70. The third kappa shape index (κ3) is 8.52. The van der Waals surface area contributed by atoms with Crippen LogP contribution in [0.4, 0.5) is 0 Å². The molecule has 1 aromatic rings. The van der Waals surface area contributed by atoms with Crippen LogP contribution in [-0.2, 0) is 21.1 Å². The Balaban J connectivity index is 0.00000392. The molecule has 0 aliphatic heterocycles. The van der Waals surface area contributed by atoms with E-state index in [2.05, 4.69) is 15.6 Å². The summed E-state index contributed by atoms with van der Waals surface area (Å²) >= 11 is 0. The van der Waals surface area contributed by atoms with E-state index in [0.717, 1.165) is 29.7 Å². The smallest absolute Gasteiger partial charge is 0.191 e. The van der Waals surface area contributed by atoms with E-state index in [4.69, 9.17) is 9.47 Å². The molecular formula is C19H32IN3O4S. The monoisotopic (exact) mass is 525 g/mol. The number of nitrogens with zero attached hydrogens (tertiary/aromatic N) is 1. The van der Waals surface area contributed by atoms with Crippen molar-refractivity contribution in [3.05, 3.63) is 29.3 Å². The van der Waals surface area contributed by atoms with Gasteiger partial charge in [-0.1, -0.05) is 12.1 Å². The van der Waals surface area contributed by atoms with Crippen LogP contribution in [0.15, 0.2) is 23.2 Å². The fourth-order valence-corrected chi connectivity index (χ4v) is 4.46. The van der Waals surface area contributed by atoms with Gasteiger partial charge in [-0.15, -0.1) is 24.0 Å². The van der Waals surface area contributed by atoms with Crippen LogP contribution in [0.2, 0.25) is 0 Å². The average Bonchev–Trinajstić information content (AvgIpc) is 3.34. The summed E-state index contributed by atoms with van der Waals surface area (Å²) in [4.78, 5) is 4.24. The molecule has 2 N–H and O–H groups in total. The van der Waals surface area contributed by atoms with E-state index in [9.17, 15) is 8.42 Å². The van der Waals surface area contributed by atoms with Gasteiger partial charge in [0.2, 0.25) is 0 Å². The molecule has 0 amide bonds. The van der Waals surface area contributed by atoms with Crippen LogP contribution in [0.5, 0.6) is 5.75 Å². The van der Waals surface area contributed by atoms with Gasteiger partial charge < -0.3 is 20.1 Å². The van der Waals surface area contributed by atoms with Gasteiger partial charge in [0, 0.05) is 44.5 Å². The lowest BCUT2D eigenvalue weighted by molar-refractivity contribution is 0.145. The third-order valence-corrected chi connectivity index (χ3v) is 5.73. The number of benzene rings is 1. The Morgan fingerprint density at radius 2 is 1.96 bits per heavy atom. The summed E-state index contributed by atoms with van der Waals surface area (Å²) in [5.41, 5.74) is 2.01. The van der Waals surface area contributed by atoms with Crippen molar-refractivity contribution in [2.75, 3.05) is 45.9 Å². The van der Waals surface area contributed by atoms with Gasteiger partial charge in [0.25, 0.3) is 0 Å². The Bertz CT molecular complexity index is 764. The van der Waals surface area contributed by atoms with E-state index in [-0.39, 0.29) is 35.1 Å². The Hall–Kier alpha value is -1.07. The topological polar surface area (TPSA) is 89.0 Å². The third-order valence-electron chi connectivity index (χ3n) is 4.59. The second-order valence-corrected chi connectivity index (χ2v) is 9.44. The zero-order valence-electron chi connectivity index (χ0n) is 17.1. The fraction of sp³-hybridized carbons (Fsp3) is 0.632. The first-order chi connectivity index (χ1) is 12.8. The minimum absolute atomic E-state index is 0. The summed E-state index contributed by atoms with van der Waals surface area (Å²) in [6.07, 6.45) is 3.15. The van der Waals surface area contributed by atoms with Crippen molar-refractivity contribution >= 4 is 39.8 Å². The Labute approximate surface area is 185 Å². The number of hydrogen-bond acceptors (Lipinski definition) is 5. The maximum Gasteiger partial charge on any atom is 0.191 e. The highest BCUT2D eigenvalue weighted by Crippen LogP contribution is 2.45. The molecule has 1 saturated carbocycles. The molecule has 1 aliphatic carbocycles. The van der Waals surface area contributed by atoms with Gasteiger partial charge in [-0.3, -0.25) is 4.99 Å². The number of aliphatic imine (C=N–C) groups is 1. The lowest BCUT2D eigenvalue weighted by Crippen LogP contribution is -2.41. The summed E-state index contributed by atoms with van der Waals surface area (Å²) in [6.45, 7) is 4.21. The van der Waals surface area contributed by atoms with E-state index in [0.29, 0.717) is 32.3 Å². The molecule has 28 heavy (non-hydrogen) atoms. The van der Waals surface area contributed by atoms with Crippen molar-refractivity contribution in [1.82, 2.24) is 10.6 Å². The molecular weight excluding hydrogens is 493 g/mol. The van der Waals surface area contributed by atoms with Crippen LogP contribution in [0.3, 0.4) is 0 Å². The van der Waals surface area contributed by atoms with E-state index >= 15 is 0 Å². The first-order valence-corrected chi connectivity index (χ1v) is 11.2. The van der Waals surface area contributed by atoms with E-state index in [1.54, 1.807) is 14.2 Å². The van der Waals surface area contributed by atoms with E-state index in [1.165, 1.54) is 6.26 Å². The molecule has 7 nitrogen and oxygen atoms in total. The normalized spacial score (nSPS) is 15.5. The van der Waals surface area contributed by atoms with Crippen LogP contribution in [-0.4, -0.2) is 60.3 Å². The van der Waals surface area contributed by atoms with Gasteiger partial charge in [0.1, 0.15) is 22.2 Å². The lowest BCUT2D eigenvalue weighted by atomic mass is 10.1. The summed E-state index contributed by atoms with van der Waals surface area (Å²) in [5, 5.41) is 6.54. The van der Waals surface area contributed by atoms with Crippen molar-refractivity contribution in [1.29, 1.82) is 0 Å². The maximum absolute atomic E-state index is 11.6. The first kappa shape index (κ1) is 25.0. The number of halogens is 1. The molecule has 0 saturated heterocycles. The Morgan fingerprint density at radius 3 is 2.54 bits per heavy atom. The second-order valence-electron chi connectivity index (χ2n) is 7.30. The standard InChI is InChI=1S/C19H31N3O4S.HI/c1-15-5-6-16(17(11-15)26-10-9-25-3)12-21-18(20-2)22-13-19(7-8-19)14-27(4,23)24;/h5-6,11H,7-10,12-14H2,1-4H3,(H2,20,21,22);1H. The maximum atomic E-state index is 11.6. The number of nitrogens with one attached hydrogen (secondary N) is 2. The van der Waals surface area contributed by atoms with E-state index in [1.807, 2.05) is 25.1 Å². The zero-order chi connectivity index (χ0) is 19.9. The number of sulfone groups is 1. The minimum Gasteiger partial charge on any atom is -0.491 e. The molecule has 160 valence electrons. The molecule has 1 aliphatic rings. The molecule has 9 heteroatoms. The summed E-state index contributed by atoms with van der Waals surface area (Å²) < 4.78 is 34.0. The fourth-order valence-electron chi connectivity index (χ4n) is 2.95. The minimum atomic E-state index is -2.98. The molecule has 0 atom stereocenters. The largest absolute Gasteiger partial charge is 0.491 e. The molecule has 0 heterocycles. The molecule has 1 aromatic carbocycles. The van der Waals surface area contributed by atoms with Crippen molar-refractivity contribution in [3.63, 3.8) is 0 Å². The van der Waals surface area contributed by atoms with Crippen LogP contribution in [0.1, 0.15) is 24.0 Å². The van der Waals surface area contributed by atoms with Crippen LogP contribution < -0.4 is 15.4 Å².